The fourth-order valence-electron chi connectivity index (χ4n) is 1.45. The van der Waals surface area contributed by atoms with E-state index >= 15 is 0 Å². The average molecular weight is 269 g/mol. The number of amides is 2. The molecule has 0 aromatic carbocycles. The number of nitrogens with one attached hydrogen (secondary N) is 2. The largest absolute Gasteiger partial charge is 0.345 e. The minimum atomic E-state index is -0.532. The van der Waals surface area contributed by atoms with Crippen LogP contribution >= 0.6 is 11.3 Å². The predicted molar refractivity (Wildman–Crippen MR) is 71.3 cm³/mol. The van der Waals surface area contributed by atoms with Crippen molar-refractivity contribution in [2.45, 2.75) is 46.2 Å². The molecule has 2 N–H and O–H groups in total. The number of hydrogen-bond acceptors (Lipinski definition) is 4. The van der Waals surface area contributed by atoms with Crippen LogP contribution in [0.4, 0.5) is 0 Å². The fourth-order valence-corrected chi connectivity index (χ4v) is 2.36. The molecule has 2 atom stereocenters. The molecule has 0 saturated carbocycles. The summed E-state index contributed by atoms with van der Waals surface area (Å²) in [5.74, 6) is -0.418. The number of carbonyl (C=O) groups is 2. The van der Waals surface area contributed by atoms with Crippen molar-refractivity contribution < 1.29 is 9.59 Å². The SMILES string of the molecule is CCc1csc(C(C)NC(=O)C(C)NC(C)=O)n1. The lowest BCUT2D eigenvalue weighted by atomic mass is 10.2. The smallest absolute Gasteiger partial charge is 0.242 e. The van der Waals surface area contributed by atoms with Gasteiger partial charge in [0.25, 0.3) is 0 Å². The van der Waals surface area contributed by atoms with Gasteiger partial charge < -0.3 is 10.6 Å². The summed E-state index contributed by atoms with van der Waals surface area (Å²) in [6.45, 7) is 6.97. The van der Waals surface area contributed by atoms with Crippen molar-refractivity contribution in [2.24, 2.45) is 0 Å². The van der Waals surface area contributed by atoms with E-state index in [2.05, 4.69) is 15.6 Å². The van der Waals surface area contributed by atoms with Gasteiger partial charge in [0.05, 0.1) is 11.7 Å². The maximum absolute atomic E-state index is 11.8. The first-order chi connectivity index (χ1) is 8.43. The highest BCUT2D eigenvalue weighted by molar-refractivity contribution is 7.09. The summed E-state index contributed by atoms with van der Waals surface area (Å²) in [5, 5.41) is 8.26. The van der Waals surface area contributed by atoms with Crippen molar-refractivity contribution >= 4 is 23.2 Å². The molecule has 0 aliphatic carbocycles. The van der Waals surface area contributed by atoms with Crippen LogP contribution in [0.2, 0.25) is 0 Å². The summed E-state index contributed by atoms with van der Waals surface area (Å²) in [4.78, 5) is 27.1. The molecule has 0 fully saturated rings. The number of carbonyl (C=O) groups excluding carboxylic acids is 2. The van der Waals surface area contributed by atoms with E-state index in [0.29, 0.717) is 0 Å². The number of thiazole rings is 1. The van der Waals surface area contributed by atoms with Crippen molar-refractivity contribution in [3.63, 3.8) is 0 Å². The first kappa shape index (κ1) is 14.6. The quantitative estimate of drug-likeness (QED) is 0.849. The summed E-state index contributed by atoms with van der Waals surface area (Å²) in [7, 11) is 0. The predicted octanol–water partition coefficient (Wildman–Crippen LogP) is 1.41. The van der Waals surface area contributed by atoms with E-state index in [-0.39, 0.29) is 17.9 Å². The van der Waals surface area contributed by atoms with Crippen molar-refractivity contribution in [1.29, 1.82) is 0 Å². The van der Waals surface area contributed by atoms with Gasteiger partial charge in [-0.1, -0.05) is 6.92 Å². The lowest BCUT2D eigenvalue weighted by Crippen LogP contribution is -2.44. The highest BCUT2D eigenvalue weighted by Crippen LogP contribution is 2.18. The molecule has 1 aromatic heterocycles. The molecule has 0 radical (unpaired) electrons. The van der Waals surface area contributed by atoms with Crippen LogP contribution in [0.5, 0.6) is 0 Å². The minimum absolute atomic E-state index is 0.140. The lowest BCUT2D eigenvalue weighted by Gasteiger charge is -2.16. The third-order valence-electron chi connectivity index (χ3n) is 2.47. The first-order valence-corrected chi connectivity index (χ1v) is 6.83. The van der Waals surface area contributed by atoms with Crippen molar-refractivity contribution in [2.75, 3.05) is 0 Å². The Labute approximate surface area is 111 Å². The normalized spacial score (nSPS) is 13.8. The Kier molecular flexibility index (Phi) is 5.27. The standard InChI is InChI=1S/C12H19N3O2S/c1-5-10-6-18-12(15-10)8(3)14-11(17)7(2)13-9(4)16/h6-8H,5H2,1-4H3,(H,13,16)(H,14,17). The van der Waals surface area contributed by atoms with Gasteiger partial charge in [0.1, 0.15) is 11.0 Å². The van der Waals surface area contributed by atoms with Gasteiger partial charge in [-0.25, -0.2) is 4.98 Å². The number of aromatic nitrogens is 1. The third-order valence-corrected chi connectivity index (χ3v) is 3.55. The van der Waals surface area contributed by atoms with E-state index in [1.165, 1.54) is 18.3 Å². The Morgan fingerprint density at radius 2 is 2.06 bits per heavy atom. The summed E-state index contributed by atoms with van der Waals surface area (Å²) in [5.41, 5.74) is 1.03. The zero-order valence-electron chi connectivity index (χ0n) is 11.1. The third kappa shape index (κ3) is 4.10. The van der Waals surface area contributed by atoms with Crippen LogP contribution in [0, 0.1) is 0 Å². The van der Waals surface area contributed by atoms with Gasteiger partial charge in [0.2, 0.25) is 11.8 Å². The molecule has 0 saturated heterocycles. The highest BCUT2D eigenvalue weighted by Gasteiger charge is 2.18. The average Bonchev–Trinajstić information content (AvgIpc) is 2.76. The zero-order valence-corrected chi connectivity index (χ0v) is 11.9. The van der Waals surface area contributed by atoms with Gasteiger partial charge in [0, 0.05) is 12.3 Å². The van der Waals surface area contributed by atoms with Gasteiger partial charge >= 0.3 is 0 Å². The second kappa shape index (κ2) is 6.49. The topological polar surface area (TPSA) is 71.1 Å². The van der Waals surface area contributed by atoms with E-state index in [1.807, 2.05) is 19.2 Å². The van der Waals surface area contributed by atoms with Gasteiger partial charge in [-0.15, -0.1) is 11.3 Å². The van der Waals surface area contributed by atoms with Crippen LogP contribution in [0.25, 0.3) is 0 Å². The molecule has 0 aliphatic heterocycles. The molecule has 0 aliphatic rings. The molecule has 100 valence electrons. The molecule has 5 nitrogen and oxygen atoms in total. The summed E-state index contributed by atoms with van der Waals surface area (Å²) in [6.07, 6.45) is 0.888. The van der Waals surface area contributed by atoms with Crippen LogP contribution in [0.1, 0.15) is 44.4 Å². The molecule has 2 amide bonds. The number of aryl methyl sites for hydroxylation is 1. The second-order valence-corrected chi connectivity index (χ2v) is 5.07. The van der Waals surface area contributed by atoms with Crippen LogP contribution < -0.4 is 10.6 Å². The Balaban J connectivity index is 2.56. The first-order valence-electron chi connectivity index (χ1n) is 5.95. The molecule has 0 spiro atoms. The molecule has 18 heavy (non-hydrogen) atoms. The second-order valence-electron chi connectivity index (χ2n) is 4.18. The van der Waals surface area contributed by atoms with Crippen molar-refractivity contribution in [3.05, 3.63) is 16.1 Å². The zero-order chi connectivity index (χ0) is 13.7. The van der Waals surface area contributed by atoms with Gasteiger partial charge in [-0.05, 0) is 20.3 Å². The maximum Gasteiger partial charge on any atom is 0.242 e. The van der Waals surface area contributed by atoms with Gasteiger partial charge in [-0.3, -0.25) is 9.59 Å². The molecule has 6 heteroatoms. The van der Waals surface area contributed by atoms with Crippen molar-refractivity contribution in [3.8, 4) is 0 Å². The lowest BCUT2D eigenvalue weighted by molar-refractivity contribution is -0.128. The van der Waals surface area contributed by atoms with E-state index in [1.54, 1.807) is 6.92 Å². The number of hydrogen-bond donors (Lipinski definition) is 2. The van der Waals surface area contributed by atoms with E-state index in [9.17, 15) is 9.59 Å². The van der Waals surface area contributed by atoms with E-state index < -0.39 is 6.04 Å². The molecule has 1 heterocycles. The molecule has 2 unspecified atom stereocenters. The van der Waals surface area contributed by atoms with Crippen LogP contribution in [-0.2, 0) is 16.0 Å². The minimum Gasteiger partial charge on any atom is -0.345 e. The van der Waals surface area contributed by atoms with Crippen LogP contribution in [-0.4, -0.2) is 22.8 Å². The monoisotopic (exact) mass is 269 g/mol. The highest BCUT2D eigenvalue weighted by atomic mass is 32.1. The maximum atomic E-state index is 11.8. The Morgan fingerprint density at radius 3 is 2.56 bits per heavy atom. The Hall–Kier alpha value is -1.43. The molecular weight excluding hydrogens is 250 g/mol. The van der Waals surface area contributed by atoms with Gasteiger partial charge in [0.15, 0.2) is 0 Å². The molecule has 1 rings (SSSR count). The molecule has 1 aromatic rings. The van der Waals surface area contributed by atoms with Gasteiger partial charge in [-0.2, -0.15) is 0 Å². The van der Waals surface area contributed by atoms with E-state index in [4.69, 9.17) is 0 Å². The Bertz CT molecular complexity index is 431. The van der Waals surface area contributed by atoms with E-state index in [0.717, 1.165) is 17.1 Å². The summed E-state index contributed by atoms with van der Waals surface area (Å²) >= 11 is 1.54. The van der Waals surface area contributed by atoms with Crippen molar-refractivity contribution in [1.82, 2.24) is 15.6 Å². The molecule has 0 bridgehead atoms. The number of nitrogens with zero attached hydrogens (tertiary/aromatic N) is 1. The molecular formula is C12H19N3O2S. The summed E-state index contributed by atoms with van der Waals surface area (Å²) < 4.78 is 0. The summed E-state index contributed by atoms with van der Waals surface area (Å²) in [6, 6.07) is -0.672. The number of rotatable bonds is 5. The van der Waals surface area contributed by atoms with Crippen LogP contribution in [0.15, 0.2) is 5.38 Å². The Morgan fingerprint density at radius 1 is 1.39 bits per heavy atom. The van der Waals surface area contributed by atoms with Crippen LogP contribution in [0.3, 0.4) is 0 Å². The fraction of sp³-hybridized carbons (Fsp3) is 0.583.